The molecule has 4 rings (SSSR count). The number of nitrogens with zero attached hydrogens (tertiary/aromatic N) is 1. The molecule has 35 heavy (non-hydrogen) atoms. The van der Waals surface area contributed by atoms with E-state index in [2.05, 4.69) is 5.32 Å². The fourth-order valence-electron chi connectivity index (χ4n) is 3.66. The average molecular weight is 472 g/mol. The zero-order chi connectivity index (χ0) is 24.8. The number of aryl methyl sites for hydroxylation is 1. The molecule has 3 aromatic rings. The van der Waals surface area contributed by atoms with Crippen molar-refractivity contribution in [2.24, 2.45) is 0 Å². The number of ether oxygens (including phenoxy) is 2. The maximum Gasteiger partial charge on any atom is 0.338 e. The Labute approximate surface area is 202 Å². The third-order valence-corrected chi connectivity index (χ3v) is 5.41. The van der Waals surface area contributed by atoms with Gasteiger partial charge in [-0.05, 0) is 48.4 Å². The lowest BCUT2D eigenvalue weighted by molar-refractivity contribution is -0.124. The van der Waals surface area contributed by atoms with Crippen molar-refractivity contribution >= 4 is 23.7 Å². The van der Waals surface area contributed by atoms with E-state index in [4.69, 9.17) is 9.47 Å². The van der Waals surface area contributed by atoms with Crippen molar-refractivity contribution in [2.75, 3.05) is 19.8 Å². The van der Waals surface area contributed by atoms with Crippen LogP contribution in [0.3, 0.4) is 0 Å². The predicted molar refractivity (Wildman–Crippen MR) is 127 cm³/mol. The number of benzene rings is 3. The van der Waals surface area contributed by atoms with Gasteiger partial charge in [0.25, 0.3) is 17.7 Å². The molecular weight excluding hydrogens is 448 g/mol. The highest BCUT2D eigenvalue weighted by Gasteiger charge is 2.36. The molecule has 3 aromatic carbocycles. The Morgan fingerprint density at radius 3 is 2.43 bits per heavy atom. The summed E-state index contributed by atoms with van der Waals surface area (Å²) in [7, 11) is 0. The maximum absolute atomic E-state index is 12.8. The minimum Gasteiger partial charge on any atom is -0.492 e. The molecule has 0 bridgehead atoms. The molecule has 1 heterocycles. The molecule has 1 aliphatic rings. The second-order valence-corrected chi connectivity index (χ2v) is 8.03. The number of fused-ring (bicyclic) bond motifs is 1. The summed E-state index contributed by atoms with van der Waals surface area (Å²) in [6, 6.07) is 20.9. The zero-order valence-electron chi connectivity index (χ0n) is 19.2. The number of hydrogen-bond acceptors (Lipinski definition) is 6. The minimum atomic E-state index is -0.763. The van der Waals surface area contributed by atoms with Crippen molar-refractivity contribution in [3.8, 4) is 5.75 Å². The molecule has 0 saturated heterocycles. The number of nitrogens with one attached hydrogen (secondary N) is 1. The molecule has 0 atom stereocenters. The molecule has 0 radical (unpaired) electrons. The molecular formula is C27H24N2O6. The van der Waals surface area contributed by atoms with E-state index < -0.39 is 30.3 Å². The van der Waals surface area contributed by atoms with E-state index in [9.17, 15) is 19.2 Å². The van der Waals surface area contributed by atoms with Crippen molar-refractivity contribution in [1.29, 1.82) is 0 Å². The van der Waals surface area contributed by atoms with Crippen LogP contribution in [-0.2, 0) is 16.1 Å². The van der Waals surface area contributed by atoms with Gasteiger partial charge in [-0.1, -0.05) is 42.5 Å². The van der Waals surface area contributed by atoms with Gasteiger partial charge in [-0.25, -0.2) is 4.79 Å². The molecule has 0 spiro atoms. The van der Waals surface area contributed by atoms with Gasteiger partial charge < -0.3 is 14.8 Å². The number of carbonyl (C=O) groups is 4. The molecule has 1 aliphatic heterocycles. The van der Waals surface area contributed by atoms with Crippen LogP contribution in [0.2, 0.25) is 0 Å². The van der Waals surface area contributed by atoms with Gasteiger partial charge >= 0.3 is 5.97 Å². The highest BCUT2D eigenvalue weighted by Crippen LogP contribution is 2.26. The van der Waals surface area contributed by atoms with E-state index in [1.54, 1.807) is 0 Å². The average Bonchev–Trinajstić information content (AvgIpc) is 3.10. The van der Waals surface area contributed by atoms with E-state index in [1.807, 2.05) is 61.5 Å². The SMILES string of the molecule is Cc1cccc(OCCNC(=O)COC(=O)c2ccc3c(c2)C(=O)N(Cc2ccccc2)C3=O)c1. The molecule has 3 amide bonds. The first-order valence-corrected chi connectivity index (χ1v) is 11.1. The van der Waals surface area contributed by atoms with Gasteiger partial charge in [-0.3, -0.25) is 19.3 Å². The molecule has 178 valence electrons. The van der Waals surface area contributed by atoms with Crippen LogP contribution in [0.1, 0.15) is 42.2 Å². The van der Waals surface area contributed by atoms with Crippen LogP contribution >= 0.6 is 0 Å². The third kappa shape index (κ3) is 5.73. The third-order valence-electron chi connectivity index (χ3n) is 5.41. The monoisotopic (exact) mass is 472 g/mol. The lowest BCUT2D eigenvalue weighted by Gasteiger charge is -2.13. The van der Waals surface area contributed by atoms with Gasteiger partial charge in [-0.15, -0.1) is 0 Å². The Kier molecular flexibility index (Phi) is 7.21. The van der Waals surface area contributed by atoms with Crippen LogP contribution in [0.5, 0.6) is 5.75 Å². The molecule has 0 fully saturated rings. The first-order chi connectivity index (χ1) is 16.9. The summed E-state index contributed by atoms with van der Waals surface area (Å²) in [5, 5.41) is 2.61. The Bertz CT molecular complexity index is 1270. The summed E-state index contributed by atoms with van der Waals surface area (Å²) < 4.78 is 10.6. The summed E-state index contributed by atoms with van der Waals surface area (Å²) in [5.41, 5.74) is 2.34. The Morgan fingerprint density at radius 2 is 1.66 bits per heavy atom. The first-order valence-electron chi connectivity index (χ1n) is 11.1. The standard InChI is InChI=1S/C27H24N2O6/c1-18-6-5-9-21(14-18)34-13-12-28-24(30)17-35-27(33)20-10-11-22-23(15-20)26(32)29(25(22)31)16-19-7-3-2-4-8-19/h2-11,14-15H,12-13,16-17H2,1H3,(H,28,30). The van der Waals surface area contributed by atoms with E-state index in [0.29, 0.717) is 5.75 Å². The zero-order valence-corrected chi connectivity index (χ0v) is 19.2. The van der Waals surface area contributed by atoms with Crippen molar-refractivity contribution in [2.45, 2.75) is 13.5 Å². The van der Waals surface area contributed by atoms with Crippen LogP contribution in [-0.4, -0.2) is 48.3 Å². The van der Waals surface area contributed by atoms with E-state index >= 15 is 0 Å². The van der Waals surface area contributed by atoms with Crippen LogP contribution < -0.4 is 10.1 Å². The normalized spacial score (nSPS) is 12.3. The van der Waals surface area contributed by atoms with Crippen molar-refractivity contribution < 1.29 is 28.7 Å². The summed E-state index contributed by atoms with van der Waals surface area (Å²) >= 11 is 0. The molecule has 8 nitrogen and oxygen atoms in total. The number of carbonyl (C=O) groups excluding carboxylic acids is 4. The topological polar surface area (TPSA) is 102 Å². The summed E-state index contributed by atoms with van der Waals surface area (Å²) in [6.45, 7) is 2.13. The van der Waals surface area contributed by atoms with Crippen LogP contribution in [0, 0.1) is 6.92 Å². The fourth-order valence-corrected chi connectivity index (χ4v) is 3.66. The lowest BCUT2D eigenvalue weighted by atomic mass is 10.1. The van der Waals surface area contributed by atoms with Gasteiger partial charge in [0.05, 0.1) is 29.8 Å². The number of rotatable bonds is 9. The number of hydrogen-bond donors (Lipinski definition) is 1. The Balaban J connectivity index is 1.27. The van der Waals surface area contributed by atoms with E-state index in [1.165, 1.54) is 18.2 Å². The highest BCUT2D eigenvalue weighted by molar-refractivity contribution is 6.21. The first kappa shape index (κ1) is 23.7. The number of amides is 3. The Hall–Kier alpha value is -4.46. The smallest absolute Gasteiger partial charge is 0.338 e. The summed E-state index contributed by atoms with van der Waals surface area (Å²) in [4.78, 5) is 51.0. The minimum absolute atomic E-state index is 0.0852. The maximum atomic E-state index is 12.8. The van der Waals surface area contributed by atoms with Crippen molar-refractivity contribution in [3.05, 3.63) is 101 Å². The van der Waals surface area contributed by atoms with Gasteiger partial charge in [-0.2, -0.15) is 0 Å². The van der Waals surface area contributed by atoms with Gasteiger partial charge in [0, 0.05) is 0 Å². The van der Waals surface area contributed by atoms with Gasteiger partial charge in [0.1, 0.15) is 12.4 Å². The van der Waals surface area contributed by atoms with Crippen LogP contribution in [0.15, 0.2) is 72.8 Å². The van der Waals surface area contributed by atoms with E-state index in [-0.39, 0.29) is 36.4 Å². The quantitative estimate of drug-likeness (QED) is 0.292. The second kappa shape index (κ2) is 10.6. The Morgan fingerprint density at radius 1 is 0.886 bits per heavy atom. The van der Waals surface area contributed by atoms with Gasteiger partial charge in [0.2, 0.25) is 0 Å². The molecule has 8 heteroatoms. The molecule has 1 N–H and O–H groups in total. The molecule has 0 aliphatic carbocycles. The largest absolute Gasteiger partial charge is 0.492 e. The second-order valence-electron chi connectivity index (χ2n) is 8.03. The lowest BCUT2D eigenvalue weighted by Crippen LogP contribution is -2.32. The van der Waals surface area contributed by atoms with E-state index in [0.717, 1.165) is 16.0 Å². The van der Waals surface area contributed by atoms with Gasteiger partial charge in [0.15, 0.2) is 6.61 Å². The van der Waals surface area contributed by atoms with Crippen molar-refractivity contribution in [3.63, 3.8) is 0 Å². The molecule has 0 saturated carbocycles. The van der Waals surface area contributed by atoms with Crippen LogP contribution in [0.4, 0.5) is 0 Å². The number of imide groups is 1. The molecule has 0 aromatic heterocycles. The van der Waals surface area contributed by atoms with Crippen molar-refractivity contribution in [1.82, 2.24) is 10.2 Å². The predicted octanol–water partition coefficient (Wildman–Crippen LogP) is 3.14. The van der Waals surface area contributed by atoms with Crippen LogP contribution in [0.25, 0.3) is 0 Å². The number of esters is 1. The molecule has 0 unspecified atom stereocenters. The fraction of sp³-hybridized carbons (Fsp3) is 0.185. The summed E-state index contributed by atoms with van der Waals surface area (Å²) in [6.07, 6.45) is 0. The summed E-state index contributed by atoms with van der Waals surface area (Å²) in [5.74, 6) is -1.43. The highest BCUT2D eigenvalue weighted by atomic mass is 16.5.